The highest BCUT2D eigenvalue weighted by atomic mass is 16.6. The van der Waals surface area contributed by atoms with E-state index in [9.17, 15) is 9.90 Å². The van der Waals surface area contributed by atoms with Gasteiger partial charge in [-0.2, -0.15) is 0 Å². The van der Waals surface area contributed by atoms with Crippen LogP contribution < -0.4 is 5.73 Å². The Morgan fingerprint density at radius 3 is 2.62 bits per heavy atom. The van der Waals surface area contributed by atoms with Gasteiger partial charge in [-0.3, -0.25) is 4.79 Å². The molecule has 0 saturated carbocycles. The molecule has 0 aromatic carbocycles. The highest BCUT2D eigenvalue weighted by Gasteiger charge is 2.41. The largest absolute Gasteiger partial charge is 0.369 e. The van der Waals surface area contributed by atoms with Gasteiger partial charge in [0.15, 0.2) is 5.79 Å². The molecule has 1 aliphatic heterocycles. The van der Waals surface area contributed by atoms with E-state index in [1.54, 1.807) is 0 Å². The number of primary amides is 1. The Balaban J connectivity index is 2.46. The second-order valence-corrected chi connectivity index (χ2v) is 5.00. The summed E-state index contributed by atoms with van der Waals surface area (Å²) < 4.78 is 5.54. The highest BCUT2D eigenvalue weighted by Crippen LogP contribution is 2.36. The fourth-order valence-electron chi connectivity index (χ4n) is 2.29. The van der Waals surface area contributed by atoms with Gasteiger partial charge in [0.25, 0.3) is 0 Å². The number of aliphatic hydroxyl groups is 1. The van der Waals surface area contributed by atoms with Crippen molar-refractivity contribution >= 4 is 5.91 Å². The van der Waals surface area contributed by atoms with Crippen molar-refractivity contribution in [3.05, 3.63) is 0 Å². The summed E-state index contributed by atoms with van der Waals surface area (Å²) in [5, 5.41) is 10.2. The normalized spacial score (nSPS) is 36.2. The molecular weight excluding hydrogens is 206 g/mol. The van der Waals surface area contributed by atoms with Gasteiger partial charge < -0.3 is 15.6 Å². The Hall–Kier alpha value is -0.610. The van der Waals surface area contributed by atoms with Gasteiger partial charge in [-0.05, 0) is 25.7 Å². The van der Waals surface area contributed by atoms with Crippen LogP contribution in [0.1, 0.15) is 46.5 Å². The van der Waals surface area contributed by atoms with Gasteiger partial charge in [0.2, 0.25) is 5.91 Å². The van der Waals surface area contributed by atoms with Crippen molar-refractivity contribution in [1.82, 2.24) is 0 Å². The molecular formula is C12H23NO3. The average molecular weight is 229 g/mol. The molecule has 4 heteroatoms. The maximum atomic E-state index is 11.1. The topological polar surface area (TPSA) is 72.6 Å². The van der Waals surface area contributed by atoms with Crippen molar-refractivity contribution in [1.29, 1.82) is 0 Å². The molecule has 4 nitrogen and oxygen atoms in total. The van der Waals surface area contributed by atoms with Crippen molar-refractivity contribution in [2.45, 2.75) is 58.3 Å². The van der Waals surface area contributed by atoms with E-state index in [0.717, 1.165) is 6.42 Å². The van der Waals surface area contributed by atoms with Crippen LogP contribution in [0, 0.1) is 11.8 Å². The van der Waals surface area contributed by atoms with E-state index in [2.05, 4.69) is 6.92 Å². The summed E-state index contributed by atoms with van der Waals surface area (Å²) in [7, 11) is 0. The molecule has 1 fully saturated rings. The second kappa shape index (κ2) is 5.15. The van der Waals surface area contributed by atoms with E-state index in [1.165, 1.54) is 0 Å². The summed E-state index contributed by atoms with van der Waals surface area (Å²) in [4.78, 5) is 11.1. The van der Waals surface area contributed by atoms with Crippen LogP contribution >= 0.6 is 0 Å². The van der Waals surface area contributed by atoms with E-state index < -0.39 is 5.79 Å². The molecule has 0 spiro atoms. The molecule has 16 heavy (non-hydrogen) atoms. The van der Waals surface area contributed by atoms with Crippen LogP contribution in [-0.2, 0) is 9.53 Å². The predicted molar refractivity (Wildman–Crippen MR) is 61.5 cm³/mol. The van der Waals surface area contributed by atoms with Crippen LogP contribution in [0.3, 0.4) is 0 Å². The van der Waals surface area contributed by atoms with Crippen LogP contribution in [0.25, 0.3) is 0 Å². The molecule has 0 aromatic heterocycles. The lowest BCUT2D eigenvalue weighted by molar-refractivity contribution is -0.194. The molecule has 1 amide bonds. The molecule has 0 radical (unpaired) electrons. The van der Waals surface area contributed by atoms with Crippen LogP contribution in [0.15, 0.2) is 0 Å². The molecule has 0 aromatic rings. The monoisotopic (exact) mass is 229 g/mol. The maximum absolute atomic E-state index is 11.1. The lowest BCUT2D eigenvalue weighted by atomic mass is 9.93. The molecule has 4 atom stereocenters. The number of amides is 1. The molecule has 2 unspecified atom stereocenters. The average Bonchev–Trinajstić information content (AvgIpc) is 2.41. The summed E-state index contributed by atoms with van der Waals surface area (Å²) in [6.45, 7) is 5.96. The van der Waals surface area contributed by atoms with Crippen molar-refractivity contribution in [2.75, 3.05) is 0 Å². The third kappa shape index (κ3) is 3.19. The smallest absolute Gasteiger partial charge is 0.220 e. The minimum Gasteiger partial charge on any atom is -0.369 e. The van der Waals surface area contributed by atoms with Gasteiger partial charge in [-0.1, -0.05) is 13.8 Å². The summed E-state index contributed by atoms with van der Waals surface area (Å²) in [5.41, 5.74) is 5.27. The quantitative estimate of drug-likeness (QED) is 0.748. The number of ether oxygens (including phenoxy) is 1. The lowest BCUT2D eigenvalue weighted by Crippen LogP contribution is -2.31. The van der Waals surface area contributed by atoms with Gasteiger partial charge in [0, 0.05) is 18.8 Å². The Labute approximate surface area is 97.2 Å². The van der Waals surface area contributed by atoms with E-state index in [0.29, 0.717) is 25.2 Å². The van der Waals surface area contributed by atoms with E-state index in [1.807, 2.05) is 13.8 Å². The van der Waals surface area contributed by atoms with Crippen molar-refractivity contribution < 1.29 is 14.6 Å². The molecule has 0 bridgehead atoms. The van der Waals surface area contributed by atoms with E-state index in [4.69, 9.17) is 10.5 Å². The molecule has 94 valence electrons. The molecule has 1 aliphatic rings. The number of nitrogens with two attached hydrogens (primary N) is 1. The standard InChI is InChI=1S/C12H23NO3/c1-4-10(11(13)14)5-6-12(15)7-8(2)9(3)16-12/h8-10,15H,4-7H2,1-3H3,(H2,13,14)/t8?,9?,10-,12+/m0/s1. The first kappa shape index (κ1) is 13.5. The number of hydrogen-bond donors (Lipinski definition) is 2. The van der Waals surface area contributed by atoms with Crippen molar-refractivity contribution in [3.8, 4) is 0 Å². The summed E-state index contributed by atoms with van der Waals surface area (Å²) in [5.74, 6) is -1.13. The molecule has 1 rings (SSSR count). The van der Waals surface area contributed by atoms with Crippen LogP contribution in [-0.4, -0.2) is 22.9 Å². The van der Waals surface area contributed by atoms with Gasteiger partial charge in [-0.15, -0.1) is 0 Å². The molecule has 1 heterocycles. The van der Waals surface area contributed by atoms with Crippen LogP contribution in [0.2, 0.25) is 0 Å². The number of carbonyl (C=O) groups excluding carboxylic acids is 1. The Morgan fingerprint density at radius 1 is 1.62 bits per heavy atom. The summed E-state index contributed by atoms with van der Waals surface area (Å²) in [6.07, 6.45) is 2.53. The van der Waals surface area contributed by atoms with Gasteiger partial charge in [0.05, 0.1) is 6.10 Å². The zero-order chi connectivity index (χ0) is 12.3. The SMILES string of the molecule is CC[C@@H](CC[C@]1(O)CC(C)C(C)O1)C(N)=O. The van der Waals surface area contributed by atoms with E-state index >= 15 is 0 Å². The third-order valence-corrected chi connectivity index (χ3v) is 3.63. The van der Waals surface area contributed by atoms with Crippen LogP contribution in [0.5, 0.6) is 0 Å². The molecule has 0 aliphatic carbocycles. The Morgan fingerprint density at radius 2 is 2.25 bits per heavy atom. The first-order valence-corrected chi connectivity index (χ1v) is 6.07. The highest BCUT2D eigenvalue weighted by molar-refractivity contribution is 5.76. The number of hydrogen-bond acceptors (Lipinski definition) is 3. The predicted octanol–water partition coefficient (Wildman–Crippen LogP) is 1.41. The van der Waals surface area contributed by atoms with E-state index in [-0.39, 0.29) is 17.9 Å². The lowest BCUT2D eigenvalue weighted by Gasteiger charge is -2.24. The first-order valence-electron chi connectivity index (χ1n) is 6.07. The first-order chi connectivity index (χ1) is 7.38. The van der Waals surface area contributed by atoms with Gasteiger partial charge in [-0.25, -0.2) is 0 Å². The minimum atomic E-state index is -1.05. The van der Waals surface area contributed by atoms with Crippen LogP contribution in [0.4, 0.5) is 0 Å². The molecule has 1 saturated heterocycles. The molecule has 3 N–H and O–H groups in total. The van der Waals surface area contributed by atoms with Crippen molar-refractivity contribution in [2.24, 2.45) is 17.6 Å². The minimum absolute atomic E-state index is 0.0821. The second-order valence-electron chi connectivity index (χ2n) is 5.00. The maximum Gasteiger partial charge on any atom is 0.220 e. The zero-order valence-corrected chi connectivity index (χ0v) is 10.4. The fraction of sp³-hybridized carbons (Fsp3) is 0.917. The fourth-order valence-corrected chi connectivity index (χ4v) is 2.29. The summed E-state index contributed by atoms with van der Waals surface area (Å²) >= 11 is 0. The Bertz CT molecular complexity index is 245. The third-order valence-electron chi connectivity index (χ3n) is 3.63. The van der Waals surface area contributed by atoms with Gasteiger partial charge in [0.1, 0.15) is 0 Å². The van der Waals surface area contributed by atoms with Gasteiger partial charge >= 0.3 is 0 Å². The number of rotatable bonds is 5. The zero-order valence-electron chi connectivity index (χ0n) is 10.4. The van der Waals surface area contributed by atoms with Crippen molar-refractivity contribution in [3.63, 3.8) is 0 Å². The summed E-state index contributed by atoms with van der Waals surface area (Å²) in [6, 6.07) is 0. The Kier molecular flexibility index (Phi) is 4.33. The number of carbonyl (C=O) groups is 1.